The van der Waals surface area contributed by atoms with Gasteiger partial charge in [0, 0.05) is 12.2 Å². The third-order valence-electron chi connectivity index (χ3n) is 4.63. The van der Waals surface area contributed by atoms with E-state index < -0.39 is 54.1 Å². The van der Waals surface area contributed by atoms with Crippen LogP contribution in [0.4, 0.5) is 0 Å². The normalized spacial score (nSPS) is 13.5. The minimum absolute atomic E-state index is 0.0209. The second-order valence-electron chi connectivity index (χ2n) is 12.1. The van der Waals surface area contributed by atoms with Gasteiger partial charge in [-0.05, 0) is 84.5 Å². The lowest BCUT2D eigenvalue weighted by molar-refractivity contribution is -0.139. The van der Waals surface area contributed by atoms with Gasteiger partial charge < -0.3 is 25.9 Å². The summed E-state index contributed by atoms with van der Waals surface area (Å²) < 4.78 is 37.2. The van der Waals surface area contributed by atoms with Gasteiger partial charge in [0.25, 0.3) is 5.78 Å². The van der Waals surface area contributed by atoms with Crippen molar-refractivity contribution in [2.45, 2.75) is 84.5 Å². The Balaban J connectivity index is 2.64. The van der Waals surface area contributed by atoms with Gasteiger partial charge in [0.15, 0.2) is 16.6 Å². The number of hydrogen-bond donors (Lipinski definition) is 0. The number of rotatable bonds is 17. The highest BCUT2D eigenvalue weighted by Gasteiger charge is 2.46. The van der Waals surface area contributed by atoms with E-state index in [9.17, 15) is 9.59 Å². The average molecular weight is 605 g/mol. The third-order valence-corrected chi connectivity index (χ3v) is 22.1. The maximum atomic E-state index is 12.1. The number of ketones is 1. The molecule has 1 aromatic carbocycles. The number of hydrogen-bond acceptors (Lipinski definition) is 8. The molecule has 0 aliphatic heterocycles. The fourth-order valence-electron chi connectivity index (χ4n) is 4.24. The largest absolute Gasteiger partial charge is 0.457 e. The van der Waals surface area contributed by atoms with Crippen LogP contribution in [-0.4, -0.2) is 73.9 Å². The highest BCUT2D eigenvalue weighted by Crippen LogP contribution is 2.29. The molecule has 0 unspecified atom stereocenters. The van der Waals surface area contributed by atoms with Crippen LogP contribution < -0.4 is 0 Å². The predicted octanol–water partition coefficient (Wildman–Crippen LogP) is 6.03. The Bertz CT molecular complexity index is 836. The average Bonchev–Trinajstić information content (AvgIpc) is 2.68. The van der Waals surface area contributed by atoms with E-state index in [4.69, 9.17) is 25.9 Å². The second kappa shape index (κ2) is 14.0. The molecule has 0 heterocycles. The first kappa shape index (κ1) is 34.3. The van der Waals surface area contributed by atoms with Crippen molar-refractivity contribution in [3.05, 3.63) is 35.9 Å². The number of carbonyl (C=O) groups excluding carboxylic acids is 2. The molecule has 212 valence electrons. The lowest BCUT2D eigenvalue weighted by atomic mass is 10.1. The second-order valence-corrected chi connectivity index (χ2v) is 32.2. The zero-order chi connectivity index (χ0) is 28.5. The first-order chi connectivity index (χ1) is 16.7. The van der Waals surface area contributed by atoms with Crippen molar-refractivity contribution in [3.63, 3.8) is 0 Å². The lowest BCUT2D eigenvalue weighted by Crippen LogP contribution is -2.59. The van der Waals surface area contributed by atoms with Gasteiger partial charge in [0.05, 0.1) is 6.61 Å². The van der Waals surface area contributed by atoms with Crippen LogP contribution in [0.15, 0.2) is 30.3 Å². The lowest BCUT2D eigenvalue weighted by Gasteiger charge is -2.43. The van der Waals surface area contributed by atoms with Gasteiger partial charge >= 0.3 is 31.7 Å². The number of Topliss-reactive ketones (excluding diaryl/α,β-unsaturated/α-hetero) is 1. The molecule has 1 aromatic rings. The topological polar surface area (TPSA) is 89.5 Å². The van der Waals surface area contributed by atoms with Crippen LogP contribution in [0.1, 0.15) is 16.8 Å². The monoisotopic (exact) mass is 604 g/mol. The molecule has 0 amide bonds. The number of esters is 1. The molecule has 0 fully saturated rings. The highest BCUT2D eigenvalue weighted by atomic mass is 28.5. The first-order valence-corrected chi connectivity index (χ1v) is 27.8. The van der Waals surface area contributed by atoms with Crippen molar-refractivity contribution in [1.82, 2.24) is 0 Å². The summed E-state index contributed by atoms with van der Waals surface area (Å²) >= 11 is 0. The third kappa shape index (κ3) is 15.4. The molecule has 0 saturated carbocycles. The predicted molar refractivity (Wildman–Crippen MR) is 160 cm³/mol. The van der Waals surface area contributed by atoms with E-state index >= 15 is 0 Å². The summed E-state index contributed by atoms with van der Waals surface area (Å²) in [4.78, 5) is 24.0. The van der Waals surface area contributed by atoms with Crippen LogP contribution in [0.2, 0.25) is 78.1 Å². The molecule has 0 atom stereocenters. The summed E-state index contributed by atoms with van der Waals surface area (Å²) in [7, 11) is -11.1. The van der Waals surface area contributed by atoms with Crippen molar-refractivity contribution in [3.8, 4) is 0 Å². The van der Waals surface area contributed by atoms with Crippen molar-refractivity contribution in [2.24, 2.45) is 0 Å². The quantitative estimate of drug-likeness (QED) is 0.0700. The summed E-state index contributed by atoms with van der Waals surface area (Å²) in [6.45, 7) is 24.2. The van der Waals surface area contributed by atoms with Gasteiger partial charge in [0.1, 0.15) is 6.61 Å². The Morgan fingerprint density at radius 3 is 1.59 bits per heavy atom. The molecule has 13 heteroatoms. The van der Waals surface area contributed by atoms with Crippen molar-refractivity contribution in [2.75, 3.05) is 19.8 Å². The Morgan fingerprint density at radius 2 is 1.14 bits per heavy atom. The van der Waals surface area contributed by atoms with Gasteiger partial charge in [-0.15, -0.1) is 0 Å². The van der Waals surface area contributed by atoms with Crippen molar-refractivity contribution in [1.29, 1.82) is 0 Å². The Hall–Kier alpha value is -0.756. The molecule has 0 bridgehead atoms. The molecule has 0 saturated heterocycles. The Morgan fingerprint density at radius 1 is 0.649 bits per heavy atom. The molecule has 0 spiro atoms. The minimum atomic E-state index is -2.65. The van der Waals surface area contributed by atoms with Crippen LogP contribution in [0, 0.1) is 0 Å². The Labute approximate surface area is 229 Å². The minimum Gasteiger partial charge on any atom is -0.457 e. The molecule has 0 aliphatic carbocycles. The van der Waals surface area contributed by atoms with Gasteiger partial charge in [-0.1, -0.05) is 30.3 Å². The van der Waals surface area contributed by atoms with E-state index in [2.05, 4.69) is 72.0 Å². The van der Waals surface area contributed by atoms with Crippen LogP contribution in [0.25, 0.3) is 0 Å². The maximum Gasteiger partial charge on any atom is 0.379 e. The SMILES string of the molecule is C[Si](C)(C)O[Si](C)(C)O[Si](C)(CCCOCCOC(=O)C(=O)c1ccccc1)O[Si](C)(C)O[Si](C)(C)C. The van der Waals surface area contributed by atoms with Gasteiger partial charge in [-0.2, -0.15) is 0 Å². The van der Waals surface area contributed by atoms with Crippen LogP contribution >= 0.6 is 0 Å². The fourth-order valence-corrected chi connectivity index (χ4v) is 27.6. The van der Waals surface area contributed by atoms with Crippen molar-refractivity contribution >= 4 is 54.1 Å². The summed E-state index contributed by atoms with van der Waals surface area (Å²) in [6, 6.07) is 9.10. The zero-order valence-electron chi connectivity index (χ0n) is 24.7. The van der Waals surface area contributed by atoms with Gasteiger partial charge in [-0.25, -0.2) is 4.79 Å². The van der Waals surface area contributed by atoms with Gasteiger partial charge in [-0.3, -0.25) is 4.79 Å². The molecular weight excluding hydrogens is 557 g/mol. The molecule has 1 rings (SSSR count). The molecule has 0 radical (unpaired) electrons. The number of carbonyl (C=O) groups is 2. The van der Waals surface area contributed by atoms with E-state index in [1.165, 1.54) is 0 Å². The van der Waals surface area contributed by atoms with E-state index in [0.29, 0.717) is 12.2 Å². The fraction of sp³-hybridized carbons (Fsp3) is 0.667. The zero-order valence-corrected chi connectivity index (χ0v) is 29.7. The Kier molecular flexibility index (Phi) is 13.0. The smallest absolute Gasteiger partial charge is 0.379 e. The van der Waals surface area contributed by atoms with Crippen LogP contribution in [0.5, 0.6) is 0 Å². The summed E-state index contributed by atoms with van der Waals surface area (Å²) in [5.74, 6) is -1.53. The first-order valence-electron chi connectivity index (χ1n) is 12.9. The standard InChI is InChI=1S/C24H48O8Si5/c1-33(2,3)29-35(7,8)31-37(11,32-36(9,10)30-34(4,5)6)21-15-18-27-19-20-28-24(26)23(25)22-16-13-12-14-17-22/h12-14,16-17H,15,18-21H2,1-11H3. The molecule has 8 nitrogen and oxygen atoms in total. The van der Waals surface area contributed by atoms with Crippen LogP contribution in [0.3, 0.4) is 0 Å². The van der Waals surface area contributed by atoms with E-state index in [-0.39, 0.29) is 13.2 Å². The summed E-state index contributed by atoms with van der Waals surface area (Å²) in [5, 5.41) is 0. The van der Waals surface area contributed by atoms with E-state index in [1.807, 2.05) is 0 Å². The van der Waals surface area contributed by atoms with Crippen molar-refractivity contribution < 1.29 is 35.5 Å². The van der Waals surface area contributed by atoms with Crippen LogP contribution in [-0.2, 0) is 30.7 Å². The van der Waals surface area contributed by atoms with E-state index in [0.717, 1.165) is 12.5 Å². The highest BCUT2D eigenvalue weighted by molar-refractivity contribution is 6.90. The summed E-state index contributed by atoms with van der Waals surface area (Å²) in [6.07, 6.45) is 0.731. The maximum absolute atomic E-state index is 12.1. The molecule has 0 aliphatic rings. The summed E-state index contributed by atoms with van der Waals surface area (Å²) in [5.41, 5.74) is 0.312. The molecule has 0 N–H and O–H groups in total. The van der Waals surface area contributed by atoms with E-state index in [1.54, 1.807) is 30.3 Å². The number of benzene rings is 1. The molecule has 37 heavy (non-hydrogen) atoms. The van der Waals surface area contributed by atoms with Gasteiger partial charge in [0.2, 0.25) is 0 Å². The molecule has 0 aromatic heterocycles. The molecular formula is C24H48O8Si5. The number of ether oxygens (including phenoxy) is 2.